The predicted octanol–water partition coefficient (Wildman–Crippen LogP) is 1.53. The zero-order valence-electron chi connectivity index (χ0n) is 14.3. The van der Waals surface area contributed by atoms with E-state index >= 15 is 0 Å². The smallest absolute Gasteiger partial charge is 0.253 e. The highest BCUT2D eigenvalue weighted by Crippen LogP contribution is 2.19. The third kappa shape index (κ3) is 5.06. The number of rotatable bonds is 5. The van der Waals surface area contributed by atoms with Crippen molar-refractivity contribution in [3.8, 4) is 0 Å². The number of carbonyl (C=O) groups is 2. The first kappa shape index (κ1) is 17.5. The van der Waals surface area contributed by atoms with Crippen LogP contribution < -0.4 is 5.32 Å². The summed E-state index contributed by atoms with van der Waals surface area (Å²) in [7, 11) is 3.97. The predicted molar refractivity (Wildman–Crippen MR) is 91.4 cm³/mol. The third-order valence-corrected chi connectivity index (χ3v) is 4.31. The average molecular weight is 317 g/mol. The van der Waals surface area contributed by atoms with Crippen LogP contribution in [0.15, 0.2) is 24.3 Å². The number of carbonyl (C=O) groups excluding carboxylic acids is 2. The number of benzene rings is 1. The molecule has 1 heterocycles. The lowest BCUT2D eigenvalue weighted by molar-refractivity contribution is -0.126. The van der Waals surface area contributed by atoms with Crippen LogP contribution in [0.5, 0.6) is 0 Å². The number of likely N-dealkylation sites (N-methyl/N-ethyl adjacent to an activating group) is 1. The maximum absolute atomic E-state index is 12.5. The monoisotopic (exact) mass is 317 g/mol. The minimum absolute atomic E-state index is 0.0271. The molecule has 5 nitrogen and oxygen atoms in total. The standard InChI is InChI=1S/C18H27N3O2/c1-14-4-6-16(7-5-14)18(23)21-11-8-15(9-12-21)17(22)19-10-13-20(2)3/h4-7,15H,8-13H2,1-3H3,(H,19,22). The Morgan fingerprint density at radius 2 is 1.78 bits per heavy atom. The van der Waals surface area contributed by atoms with Crippen LogP contribution in [0, 0.1) is 12.8 Å². The van der Waals surface area contributed by atoms with Gasteiger partial charge in [0.2, 0.25) is 5.91 Å². The van der Waals surface area contributed by atoms with E-state index in [-0.39, 0.29) is 17.7 Å². The molecule has 5 heteroatoms. The molecule has 1 aromatic carbocycles. The molecule has 1 aliphatic heterocycles. The molecule has 1 N–H and O–H groups in total. The minimum atomic E-state index is 0.0271. The first-order chi connectivity index (χ1) is 11.0. The van der Waals surface area contributed by atoms with E-state index in [1.54, 1.807) is 0 Å². The van der Waals surface area contributed by atoms with Crippen LogP contribution >= 0.6 is 0 Å². The molecule has 0 saturated carbocycles. The Labute approximate surface area is 138 Å². The molecule has 0 aliphatic carbocycles. The van der Waals surface area contributed by atoms with E-state index in [0.29, 0.717) is 19.6 Å². The molecular formula is C18H27N3O2. The van der Waals surface area contributed by atoms with Gasteiger partial charge in [0.05, 0.1) is 0 Å². The molecule has 0 radical (unpaired) electrons. The summed E-state index contributed by atoms with van der Waals surface area (Å²) in [4.78, 5) is 28.5. The molecule has 2 amide bonds. The molecule has 126 valence electrons. The van der Waals surface area contributed by atoms with Gasteiger partial charge >= 0.3 is 0 Å². The zero-order chi connectivity index (χ0) is 16.8. The summed E-state index contributed by atoms with van der Waals surface area (Å²) < 4.78 is 0. The SMILES string of the molecule is Cc1ccc(C(=O)N2CCC(C(=O)NCCN(C)C)CC2)cc1. The van der Waals surface area contributed by atoms with E-state index < -0.39 is 0 Å². The lowest BCUT2D eigenvalue weighted by atomic mass is 9.95. The van der Waals surface area contributed by atoms with Crippen molar-refractivity contribution in [1.82, 2.24) is 15.1 Å². The second-order valence-electron chi connectivity index (χ2n) is 6.53. The Kier molecular flexibility index (Phi) is 6.16. The van der Waals surface area contributed by atoms with Crippen molar-refractivity contribution >= 4 is 11.8 Å². The summed E-state index contributed by atoms with van der Waals surface area (Å²) in [5.41, 5.74) is 1.87. The number of piperidine rings is 1. The molecule has 1 fully saturated rings. The second kappa shape index (κ2) is 8.11. The van der Waals surface area contributed by atoms with Crippen molar-refractivity contribution in [2.45, 2.75) is 19.8 Å². The van der Waals surface area contributed by atoms with Crippen molar-refractivity contribution in [1.29, 1.82) is 0 Å². The molecule has 0 aromatic heterocycles. The number of amides is 2. The molecule has 0 atom stereocenters. The topological polar surface area (TPSA) is 52.7 Å². The van der Waals surface area contributed by atoms with Gasteiger partial charge in [0, 0.05) is 37.7 Å². The van der Waals surface area contributed by atoms with Crippen LogP contribution in [0.2, 0.25) is 0 Å². The Morgan fingerprint density at radius 1 is 1.17 bits per heavy atom. The highest BCUT2D eigenvalue weighted by Gasteiger charge is 2.27. The highest BCUT2D eigenvalue weighted by molar-refractivity contribution is 5.94. The zero-order valence-corrected chi connectivity index (χ0v) is 14.3. The van der Waals surface area contributed by atoms with Crippen molar-refractivity contribution in [3.05, 3.63) is 35.4 Å². The fraction of sp³-hybridized carbons (Fsp3) is 0.556. The molecule has 1 saturated heterocycles. The number of aryl methyl sites for hydroxylation is 1. The maximum atomic E-state index is 12.5. The normalized spacial score (nSPS) is 15.7. The van der Waals surface area contributed by atoms with Gasteiger partial charge in [-0.05, 0) is 46.0 Å². The minimum Gasteiger partial charge on any atom is -0.355 e. The fourth-order valence-corrected chi connectivity index (χ4v) is 2.77. The molecule has 1 aliphatic rings. The van der Waals surface area contributed by atoms with Crippen molar-refractivity contribution in [2.75, 3.05) is 40.3 Å². The number of hydrogen-bond donors (Lipinski definition) is 1. The van der Waals surface area contributed by atoms with Gasteiger partial charge in [-0.3, -0.25) is 9.59 Å². The van der Waals surface area contributed by atoms with Gasteiger partial charge in [0.1, 0.15) is 0 Å². The quantitative estimate of drug-likeness (QED) is 0.896. The Balaban J connectivity index is 1.80. The number of hydrogen-bond acceptors (Lipinski definition) is 3. The van der Waals surface area contributed by atoms with E-state index in [4.69, 9.17) is 0 Å². The van der Waals surface area contributed by atoms with E-state index in [9.17, 15) is 9.59 Å². The number of nitrogens with zero attached hydrogens (tertiary/aromatic N) is 2. The van der Waals surface area contributed by atoms with Crippen LogP contribution in [0.1, 0.15) is 28.8 Å². The van der Waals surface area contributed by atoms with E-state index in [0.717, 1.165) is 30.5 Å². The lowest BCUT2D eigenvalue weighted by Gasteiger charge is -2.31. The van der Waals surface area contributed by atoms with Gasteiger partial charge < -0.3 is 15.1 Å². The van der Waals surface area contributed by atoms with Gasteiger partial charge in [-0.1, -0.05) is 17.7 Å². The van der Waals surface area contributed by atoms with Crippen LogP contribution in [-0.4, -0.2) is 61.9 Å². The molecular weight excluding hydrogens is 290 g/mol. The lowest BCUT2D eigenvalue weighted by Crippen LogP contribution is -2.44. The van der Waals surface area contributed by atoms with Crippen LogP contribution in [0.4, 0.5) is 0 Å². The van der Waals surface area contributed by atoms with E-state index in [2.05, 4.69) is 5.32 Å². The van der Waals surface area contributed by atoms with Crippen molar-refractivity contribution < 1.29 is 9.59 Å². The van der Waals surface area contributed by atoms with Gasteiger partial charge in [-0.2, -0.15) is 0 Å². The third-order valence-electron chi connectivity index (χ3n) is 4.31. The first-order valence-electron chi connectivity index (χ1n) is 8.26. The summed E-state index contributed by atoms with van der Waals surface area (Å²) in [6.45, 7) is 4.83. The van der Waals surface area contributed by atoms with Crippen molar-refractivity contribution in [3.63, 3.8) is 0 Å². The van der Waals surface area contributed by atoms with Crippen LogP contribution in [0.25, 0.3) is 0 Å². The fourth-order valence-electron chi connectivity index (χ4n) is 2.77. The van der Waals surface area contributed by atoms with Gasteiger partial charge in [0.25, 0.3) is 5.91 Å². The van der Waals surface area contributed by atoms with Crippen LogP contribution in [-0.2, 0) is 4.79 Å². The number of nitrogens with one attached hydrogen (secondary N) is 1. The van der Waals surface area contributed by atoms with Crippen molar-refractivity contribution in [2.24, 2.45) is 5.92 Å². The Bertz CT molecular complexity index is 532. The molecule has 0 bridgehead atoms. The van der Waals surface area contributed by atoms with Gasteiger partial charge in [0.15, 0.2) is 0 Å². The first-order valence-corrected chi connectivity index (χ1v) is 8.26. The van der Waals surface area contributed by atoms with Gasteiger partial charge in [-0.15, -0.1) is 0 Å². The summed E-state index contributed by atoms with van der Waals surface area (Å²) in [6, 6.07) is 7.66. The van der Waals surface area contributed by atoms with E-state index in [1.807, 2.05) is 55.1 Å². The Morgan fingerprint density at radius 3 is 2.35 bits per heavy atom. The summed E-state index contributed by atoms with van der Waals surface area (Å²) >= 11 is 0. The maximum Gasteiger partial charge on any atom is 0.253 e. The molecule has 0 spiro atoms. The summed E-state index contributed by atoms with van der Waals surface area (Å²) in [6.07, 6.45) is 1.48. The van der Waals surface area contributed by atoms with E-state index in [1.165, 1.54) is 0 Å². The largest absolute Gasteiger partial charge is 0.355 e. The molecule has 23 heavy (non-hydrogen) atoms. The molecule has 0 unspecified atom stereocenters. The second-order valence-corrected chi connectivity index (χ2v) is 6.53. The van der Waals surface area contributed by atoms with Crippen LogP contribution in [0.3, 0.4) is 0 Å². The Hall–Kier alpha value is -1.88. The highest BCUT2D eigenvalue weighted by atomic mass is 16.2. The average Bonchev–Trinajstić information content (AvgIpc) is 2.54. The van der Waals surface area contributed by atoms with Gasteiger partial charge in [-0.25, -0.2) is 0 Å². The summed E-state index contributed by atoms with van der Waals surface area (Å²) in [5.74, 6) is 0.213. The molecule has 2 rings (SSSR count). The number of likely N-dealkylation sites (tertiary alicyclic amines) is 1. The molecule has 1 aromatic rings. The summed E-state index contributed by atoms with van der Waals surface area (Å²) in [5, 5.41) is 2.98.